The van der Waals surface area contributed by atoms with Crippen molar-refractivity contribution in [3.05, 3.63) is 39.2 Å². The number of Topliss-reactive ketones (excluding diaryl/α,β-unsaturated/α-hetero) is 3. The van der Waals surface area contributed by atoms with Crippen LogP contribution >= 0.6 is 0 Å². The van der Waals surface area contributed by atoms with Crippen molar-refractivity contribution in [1.82, 2.24) is 0 Å². The minimum Gasteiger partial charge on any atom is -0.298 e. The van der Waals surface area contributed by atoms with E-state index in [-0.39, 0.29) is 18.4 Å². The monoisotopic (exact) mass is 293 g/mol. The molecule has 1 fully saturated rings. The Morgan fingerprint density at radius 3 is 2.38 bits per heavy atom. The molecule has 1 aromatic carbocycles. The number of carbonyl (C=O) groups excluding carboxylic acids is 3. The van der Waals surface area contributed by atoms with Crippen molar-refractivity contribution in [2.24, 2.45) is 5.92 Å². The average molecular weight is 293 g/mol. The lowest BCUT2D eigenvalue weighted by molar-refractivity contribution is -0.385. The molecule has 0 heterocycles. The zero-order valence-electron chi connectivity index (χ0n) is 11.2. The number of nitrogens with zero attached hydrogens (tertiary/aromatic N) is 1. The summed E-state index contributed by atoms with van der Waals surface area (Å²) in [7, 11) is 0. The first-order valence-corrected chi connectivity index (χ1v) is 6.37. The molecular formula is C14H12FNO5. The summed E-state index contributed by atoms with van der Waals surface area (Å²) in [6, 6.07) is 1.88. The molecule has 0 spiro atoms. The van der Waals surface area contributed by atoms with E-state index in [2.05, 4.69) is 0 Å². The van der Waals surface area contributed by atoms with Gasteiger partial charge in [0, 0.05) is 12.8 Å². The molecular weight excluding hydrogens is 281 g/mol. The van der Waals surface area contributed by atoms with Crippen molar-refractivity contribution in [3.63, 3.8) is 0 Å². The summed E-state index contributed by atoms with van der Waals surface area (Å²) >= 11 is 0. The fourth-order valence-electron chi connectivity index (χ4n) is 2.46. The third-order valence-electron chi connectivity index (χ3n) is 3.57. The number of benzene rings is 1. The molecule has 1 aliphatic rings. The molecule has 0 N–H and O–H groups in total. The molecule has 0 atom stereocenters. The Labute approximate surface area is 119 Å². The van der Waals surface area contributed by atoms with Crippen molar-refractivity contribution in [3.8, 4) is 0 Å². The predicted molar refractivity (Wildman–Crippen MR) is 69.5 cm³/mol. The maximum Gasteiger partial charge on any atom is 0.286 e. The maximum absolute atomic E-state index is 13.4. The van der Waals surface area contributed by atoms with E-state index in [1.54, 1.807) is 0 Å². The van der Waals surface area contributed by atoms with Gasteiger partial charge in [-0.1, -0.05) is 0 Å². The van der Waals surface area contributed by atoms with E-state index in [1.165, 1.54) is 6.92 Å². The van der Waals surface area contributed by atoms with Crippen molar-refractivity contribution in [1.29, 1.82) is 0 Å². The number of nitro groups is 1. The Kier molecular flexibility index (Phi) is 3.93. The molecule has 0 amide bonds. The standard InChI is InChI=1S/C14H12FNO5/c1-7-9(15)6-5-8(13(7)16(20)21)14(19)12-10(17)3-2-4-11(12)18/h5-6,12H,2-4H2,1H3. The molecule has 0 bridgehead atoms. The van der Waals surface area contributed by atoms with Gasteiger partial charge in [-0.2, -0.15) is 0 Å². The highest BCUT2D eigenvalue weighted by atomic mass is 19.1. The van der Waals surface area contributed by atoms with Gasteiger partial charge in [-0.25, -0.2) is 4.39 Å². The molecule has 110 valence electrons. The quantitative estimate of drug-likeness (QED) is 0.368. The Morgan fingerprint density at radius 1 is 1.29 bits per heavy atom. The van der Waals surface area contributed by atoms with Crippen molar-refractivity contribution < 1.29 is 23.7 Å². The molecule has 1 saturated carbocycles. The number of carbonyl (C=O) groups is 3. The van der Waals surface area contributed by atoms with Crippen LogP contribution in [0.3, 0.4) is 0 Å². The van der Waals surface area contributed by atoms with E-state index >= 15 is 0 Å². The SMILES string of the molecule is Cc1c(F)ccc(C(=O)C2C(=O)CCCC2=O)c1[N+](=O)[O-]. The van der Waals surface area contributed by atoms with Crippen LogP contribution in [-0.2, 0) is 9.59 Å². The fraction of sp³-hybridized carbons (Fsp3) is 0.357. The van der Waals surface area contributed by atoms with Gasteiger partial charge >= 0.3 is 0 Å². The van der Waals surface area contributed by atoms with Gasteiger partial charge in [0.05, 0.1) is 16.1 Å². The predicted octanol–water partition coefficient (Wildman–Crippen LogP) is 2.16. The van der Waals surface area contributed by atoms with Crippen molar-refractivity contribution >= 4 is 23.0 Å². The molecule has 0 unspecified atom stereocenters. The minimum atomic E-state index is -1.50. The number of nitro benzene ring substituents is 1. The molecule has 2 rings (SSSR count). The molecule has 6 nitrogen and oxygen atoms in total. The van der Waals surface area contributed by atoms with Crippen LogP contribution in [0.1, 0.15) is 35.2 Å². The number of hydrogen-bond donors (Lipinski definition) is 0. The van der Waals surface area contributed by atoms with E-state index in [0.717, 1.165) is 12.1 Å². The summed E-state index contributed by atoms with van der Waals surface area (Å²) in [5.41, 5.74) is -1.37. The summed E-state index contributed by atoms with van der Waals surface area (Å²) in [5, 5.41) is 11.1. The number of halogens is 1. The summed E-state index contributed by atoms with van der Waals surface area (Å²) in [6.07, 6.45) is 0.568. The summed E-state index contributed by atoms with van der Waals surface area (Å²) < 4.78 is 13.4. The van der Waals surface area contributed by atoms with E-state index in [0.29, 0.717) is 6.42 Å². The van der Waals surface area contributed by atoms with Gasteiger partial charge in [0.25, 0.3) is 5.69 Å². The molecule has 7 heteroatoms. The topological polar surface area (TPSA) is 94.3 Å². The average Bonchev–Trinajstić information content (AvgIpc) is 2.40. The van der Waals surface area contributed by atoms with Gasteiger partial charge in [-0.3, -0.25) is 24.5 Å². The van der Waals surface area contributed by atoms with E-state index in [1.807, 2.05) is 0 Å². The number of hydrogen-bond acceptors (Lipinski definition) is 5. The van der Waals surface area contributed by atoms with Crippen LogP contribution in [0.15, 0.2) is 12.1 Å². The summed E-state index contributed by atoms with van der Waals surface area (Å²) in [6.45, 7) is 1.18. The first kappa shape index (κ1) is 15.0. The van der Waals surface area contributed by atoms with Crippen LogP contribution in [0.25, 0.3) is 0 Å². The fourth-order valence-corrected chi connectivity index (χ4v) is 2.46. The Bertz CT molecular complexity index is 652. The van der Waals surface area contributed by atoms with Gasteiger partial charge in [-0.05, 0) is 25.5 Å². The Morgan fingerprint density at radius 2 is 1.86 bits per heavy atom. The molecule has 0 saturated heterocycles. The van der Waals surface area contributed by atoms with Gasteiger partial charge in [0.15, 0.2) is 17.3 Å². The molecule has 0 radical (unpaired) electrons. The highest BCUT2D eigenvalue weighted by molar-refractivity contribution is 6.26. The van der Waals surface area contributed by atoms with Crippen LogP contribution in [0.5, 0.6) is 0 Å². The molecule has 1 aromatic rings. The zero-order chi connectivity index (χ0) is 15.7. The third kappa shape index (κ3) is 2.58. The van der Waals surface area contributed by atoms with E-state index < -0.39 is 45.3 Å². The molecule has 21 heavy (non-hydrogen) atoms. The lowest BCUT2D eigenvalue weighted by Gasteiger charge is -2.18. The van der Waals surface area contributed by atoms with Crippen molar-refractivity contribution in [2.75, 3.05) is 0 Å². The molecule has 1 aliphatic carbocycles. The second-order valence-corrected chi connectivity index (χ2v) is 4.91. The lowest BCUT2D eigenvalue weighted by atomic mass is 9.81. The largest absolute Gasteiger partial charge is 0.298 e. The van der Waals surface area contributed by atoms with E-state index in [4.69, 9.17) is 0 Å². The smallest absolute Gasteiger partial charge is 0.286 e. The van der Waals surface area contributed by atoms with E-state index in [9.17, 15) is 28.9 Å². The highest BCUT2D eigenvalue weighted by Gasteiger charge is 2.39. The van der Waals surface area contributed by atoms with Gasteiger partial charge in [0.2, 0.25) is 0 Å². The van der Waals surface area contributed by atoms with Crippen LogP contribution in [0.4, 0.5) is 10.1 Å². The summed E-state index contributed by atoms with van der Waals surface area (Å²) in [5.74, 6) is -4.30. The maximum atomic E-state index is 13.4. The second-order valence-electron chi connectivity index (χ2n) is 4.91. The highest BCUT2D eigenvalue weighted by Crippen LogP contribution is 2.30. The van der Waals surface area contributed by atoms with Crippen LogP contribution in [0, 0.1) is 28.8 Å². The normalized spacial score (nSPS) is 16.1. The van der Waals surface area contributed by atoms with Crippen LogP contribution in [-0.4, -0.2) is 22.3 Å². The van der Waals surface area contributed by atoms with Crippen LogP contribution < -0.4 is 0 Å². The lowest BCUT2D eigenvalue weighted by Crippen LogP contribution is -2.35. The first-order chi connectivity index (χ1) is 9.84. The van der Waals surface area contributed by atoms with Crippen LogP contribution in [0.2, 0.25) is 0 Å². The third-order valence-corrected chi connectivity index (χ3v) is 3.57. The molecule has 0 aromatic heterocycles. The Hall–Kier alpha value is -2.44. The first-order valence-electron chi connectivity index (χ1n) is 6.37. The number of rotatable bonds is 3. The minimum absolute atomic E-state index is 0.0934. The Balaban J connectivity index is 2.53. The second kappa shape index (κ2) is 5.51. The van der Waals surface area contributed by atoms with Crippen molar-refractivity contribution in [2.45, 2.75) is 26.2 Å². The summed E-state index contributed by atoms with van der Waals surface area (Å²) in [4.78, 5) is 46.1. The number of ketones is 3. The van der Waals surface area contributed by atoms with Gasteiger partial charge < -0.3 is 0 Å². The zero-order valence-corrected chi connectivity index (χ0v) is 11.2. The van der Waals surface area contributed by atoms with Gasteiger partial charge in [0.1, 0.15) is 11.7 Å². The van der Waals surface area contributed by atoms with Gasteiger partial charge in [-0.15, -0.1) is 0 Å². The molecule has 0 aliphatic heterocycles.